The minimum Gasteiger partial charge on any atom is -0.292 e. The molecule has 0 radical (unpaired) electrons. The highest BCUT2D eigenvalue weighted by molar-refractivity contribution is 14.1. The Labute approximate surface area is 188 Å². The highest BCUT2D eigenvalue weighted by Gasteiger charge is 2.18. The lowest BCUT2D eigenvalue weighted by atomic mass is 10.1. The molecule has 0 N–H and O–H groups in total. The van der Waals surface area contributed by atoms with Gasteiger partial charge in [-0.2, -0.15) is 0 Å². The Morgan fingerprint density at radius 3 is 1.53 bits per heavy atom. The van der Waals surface area contributed by atoms with Crippen molar-refractivity contribution in [3.05, 3.63) is 138 Å². The predicted molar refractivity (Wildman–Crippen MR) is 128 cm³/mol. The molecule has 30 heavy (non-hydrogen) atoms. The first-order chi connectivity index (χ1) is 14.6. The second-order valence-corrected chi connectivity index (χ2v) is 8.23. The highest BCUT2D eigenvalue weighted by atomic mass is 127. The summed E-state index contributed by atoms with van der Waals surface area (Å²) in [5.74, 6) is 0. The Bertz CT molecular complexity index is 1250. The third-order valence-corrected chi connectivity index (χ3v) is 6.14. The number of hydrogen-bond donors (Lipinski definition) is 0. The van der Waals surface area contributed by atoms with E-state index in [0.29, 0.717) is 16.5 Å². The van der Waals surface area contributed by atoms with E-state index in [0.717, 1.165) is 22.4 Å². The SMILES string of the molecule is O=c1c(I)c(Cc2ccccc2)n(Cc2ccccc2)c(=O)n1Cc1ccccc1. The van der Waals surface area contributed by atoms with Gasteiger partial charge in [0.15, 0.2) is 0 Å². The molecule has 0 saturated carbocycles. The van der Waals surface area contributed by atoms with Gasteiger partial charge in [0.1, 0.15) is 0 Å². The molecule has 0 aliphatic rings. The van der Waals surface area contributed by atoms with Crippen molar-refractivity contribution in [2.75, 3.05) is 0 Å². The van der Waals surface area contributed by atoms with Gasteiger partial charge in [-0.05, 0) is 39.3 Å². The summed E-state index contributed by atoms with van der Waals surface area (Å²) in [6.07, 6.45) is 0.530. The van der Waals surface area contributed by atoms with E-state index >= 15 is 0 Å². The Hall–Kier alpha value is -2.93. The lowest BCUT2D eigenvalue weighted by molar-refractivity contribution is 0.585. The van der Waals surface area contributed by atoms with Crippen molar-refractivity contribution >= 4 is 22.6 Å². The summed E-state index contributed by atoms with van der Waals surface area (Å²) >= 11 is 2.09. The van der Waals surface area contributed by atoms with E-state index in [2.05, 4.69) is 22.6 Å². The zero-order valence-corrected chi connectivity index (χ0v) is 18.5. The molecule has 4 aromatic rings. The molecular formula is C25H21IN2O2. The van der Waals surface area contributed by atoms with Crippen molar-refractivity contribution < 1.29 is 0 Å². The zero-order valence-electron chi connectivity index (χ0n) is 16.4. The van der Waals surface area contributed by atoms with Gasteiger partial charge in [-0.3, -0.25) is 13.9 Å². The molecule has 1 aromatic heterocycles. The van der Waals surface area contributed by atoms with Crippen LogP contribution in [0.25, 0.3) is 0 Å². The summed E-state index contributed by atoms with van der Waals surface area (Å²) in [6, 6.07) is 29.4. The van der Waals surface area contributed by atoms with Crippen LogP contribution in [0.4, 0.5) is 0 Å². The first kappa shape index (κ1) is 20.3. The number of rotatable bonds is 6. The Morgan fingerprint density at radius 2 is 1.03 bits per heavy atom. The third kappa shape index (κ3) is 4.46. The summed E-state index contributed by atoms with van der Waals surface area (Å²) in [7, 11) is 0. The number of nitrogens with zero attached hydrogens (tertiary/aromatic N) is 2. The number of hydrogen-bond acceptors (Lipinski definition) is 2. The first-order valence-electron chi connectivity index (χ1n) is 9.77. The highest BCUT2D eigenvalue weighted by Crippen LogP contribution is 2.15. The lowest BCUT2D eigenvalue weighted by Crippen LogP contribution is -2.43. The third-order valence-electron chi connectivity index (χ3n) is 5.06. The summed E-state index contributed by atoms with van der Waals surface area (Å²) in [5.41, 5.74) is 3.25. The van der Waals surface area contributed by atoms with E-state index in [1.165, 1.54) is 4.57 Å². The van der Waals surface area contributed by atoms with Crippen LogP contribution in [0.15, 0.2) is 101 Å². The Balaban J connectivity index is 1.86. The second-order valence-electron chi connectivity index (χ2n) is 7.15. The van der Waals surface area contributed by atoms with E-state index in [1.807, 2.05) is 91.0 Å². The van der Waals surface area contributed by atoms with Crippen molar-refractivity contribution in [2.45, 2.75) is 19.5 Å². The van der Waals surface area contributed by atoms with Gasteiger partial charge >= 0.3 is 5.69 Å². The molecule has 0 aliphatic heterocycles. The first-order valence-corrected chi connectivity index (χ1v) is 10.8. The van der Waals surface area contributed by atoms with Crippen LogP contribution in [0.2, 0.25) is 0 Å². The number of benzene rings is 3. The molecule has 0 unspecified atom stereocenters. The molecule has 1 heterocycles. The van der Waals surface area contributed by atoms with Gasteiger partial charge in [0.2, 0.25) is 0 Å². The maximum Gasteiger partial charge on any atom is 0.331 e. The fourth-order valence-corrected chi connectivity index (χ4v) is 4.28. The zero-order chi connectivity index (χ0) is 20.9. The average Bonchev–Trinajstić information content (AvgIpc) is 2.79. The minimum absolute atomic E-state index is 0.236. The summed E-state index contributed by atoms with van der Waals surface area (Å²) in [5, 5.41) is 0. The van der Waals surface area contributed by atoms with Gasteiger partial charge in [0.05, 0.1) is 16.7 Å². The molecule has 0 spiro atoms. The summed E-state index contributed by atoms with van der Waals surface area (Å²) in [4.78, 5) is 26.6. The van der Waals surface area contributed by atoms with Gasteiger partial charge in [-0.25, -0.2) is 4.79 Å². The van der Waals surface area contributed by atoms with E-state index in [9.17, 15) is 9.59 Å². The smallest absolute Gasteiger partial charge is 0.292 e. The van der Waals surface area contributed by atoms with Crippen LogP contribution in [0.3, 0.4) is 0 Å². The van der Waals surface area contributed by atoms with Crippen molar-refractivity contribution in [1.29, 1.82) is 0 Å². The van der Waals surface area contributed by atoms with Crippen molar-refractivity contribution in [3.8, 4) is 0 Å². The maximum atomic E-state index is 13.5. The molecule has 0 fully saturated rings. The largest absolute Gasteiger partial charge is 0.331 e. The monoisotopic (exact) mass is 508 g/mol. The van der Waals surface area contributed by atoms with Gasteiger partial charge in [0.25, 0.3) is 5.56 Å². The van der Waals surface area contributed by atoms with Gasteiger partial charge < -0.3 is 0 Å². The van der Waals surface area contributed by atoms with Crippen molar-refractivity contribution in [2.24, 2.45) is 0 Å². The predicted octanol–water partition coefficient (Wildman–Crippen LogP) is 4.30. The second kappa shape index (κ2) is 9.26. The quantitative estimate of drug-likeness (QED) is 0.365. The molecule has 150 valence electrons. The molecule has 4 rings (SSSR count). The van der Waals surface area contributed by atoms with E-state index < -0.39 is 0 Å². The Kier molecular flexibility index (Phi) is 6.28. The van der Waals surface area contributed by atoms with Gasteiger partial charge in [0, 0.05) is 12.1 Å². The molecule has 3 aromatic carbocycles. The van der Waals surface area contributed by atoms with Crippen LogP contribution in [-0.4, -0.2) is 9.13 Å². The Morgan fingerprint density at radius 1 is 0.600 bits per heavy atom. The molecule has 0 bridgehead atoms. The van der Waals surface area contributed by atoms with E-state index in [1.54, 1.807) is 4.57 Å². The van der Waals surface area contributed by atoms with Crippen LogP contribution in [0, 0.1) is 3.57 Å². The number of aromatic nitrogens is 2. The van der Waals surface area contributed by atoms with Gasteiger partial charge in [-0.15, -0.1) is 0 Å². The van der Waals surface area contributed by atoms with Crippen molar-refractivity contribution in [1.82, 2.24) is 9.13 Å². The van der Waals surface area contributed by atoms with Crippen LogP contribution in [0.1, 0.15) is 22.4 Å². The fraction of sp³-hybridized carbons (Fsp3) is 0.120. The van der Waals surface area contributed by atoms with Gasteiger partial charge in [-0.1, -0.05) is 91.0 Å². The van der Waals surface area contributed by atoms with Crippen molar-refractivity contribution in [3.63, 3.8) is 0 Å². The average molecular weight is 508 g/mol. The maximum absolute atomic E-state index is 13.5. The summed E-state index contributed by atoms with van der Waals surface area (Å²) in [6.45, 7) is 0.682. The molecule has 0 saturated heterocycles. The molecular weight excluding hydrogens is 487 g/mol. The van der Waals surface area contributed by atoms with E-state index in [-0.39, 0.29) is 17.8 Å². The lowest BCUT2D eigenvalue weighted by Gasteiger charge is -2.18. The van der Waals surface area contributed by atoms with Crippen LogP contribution in [0.5, 0.6) is 0 Å². The van der Waals surface area contributed by atoms with E-state index in [4.69, 9.17) is 0 Å². The molecule has 0 aliphatic carbocycles. The van der Waals surface area contributed by atoms with Crippen LogP contribution in [-0.2, 0) is 19.5 Å². The molecule has 5 heteroatoms. The topological polar surface area (TPSA) is 44.0 Å². The molecule has 0 atom stereocenters. The van der Waals surface area contributed by atoms with Crippen LogP contribution < -0.4 is 11.2 Å². The molecule has 0 amide bonds. The molecule has 4 nitrogen and oxygen atoms in total. The fourth-order valence-electron chi connectivity index (χ4n) is 3.51. The normalized spacial score (nSPS) is 10.8. The number of halogens is 1. The van der Waals surface area contributed by atoms with Crippen LogP contribution >= 0.6 is 22.6 Å². The standard InChI is InChI=1S/C25H21IN2O2/c26-23-22(16-19-10-4-1-5-11-19)27(17-20-12-6-2-7-13-20)25(30)28(24(23)29)18-21-14-8-3-9-15-21/h1-15H,16-18H2. The minimum atomic E-state index is -0.279. The summed E-state index contributed by atoms with van der Waals surface area (Å²) < 4.78 is 3.67.